The summed E-state index contributed by atoms with van der Waals surface area (Å²) in [5.74, 6) is 5.11. The fourth-order valence-corrected chi connectivity index (χ4v) is 1.73. The summed E-state index contributed by atoms with van der Waals surface area (Å²) in [4.78, 5) is 11.5. The average molecular weight is 312 g/mol. The highest BCUT2D eigenvalue weighted by Crippen LogP contribution is 2.34. The van der Waals surface area contributed by atoms with E-state index in [0.29, 0.717) is 20.8 Å². The smallest absolute Gasteiger partial charge is 0.242 e. The van der Waals surface area contributed by atoms with Crippen molar-refractivity contribution in [1.82, 2.24) is 5.43 Å². The number of ether oxygens (including phenoxy) is 1. The van der Waals surface area contributed by atoms with Crippen LogP contribution in [0.2, 0.25) is 15.1 Å². The van der Waals surface area contributed by atoms with Gasteiger partial charge in [0.05, 0.1) is 20.5 Å². The summed E-state index contributed by atoms with van der Waals surface area (Å²) >= 11 is 17.6. The van der Waals surface area contributed by atoms with E-state index in [1.54, 1.807) is 13.8 Å². The molecule has 7 heteroatoms. The number of hydrogen-bond donors (Lipinski definition) is 2. The van der Waals surface area contributed by atoms with Crippen LogP contribution in [0.5, 0.6) is 5.75 Å². The molecule has 1 aromatic carbocycles. The van der Waals surface area contributed by atoms with Crippen molar-refractivity contribution in [2.75, 3.05) is 6.61 Å². The second-order valence-electron chi connectivity index (χ2n) is 4.34. The Bertz CT molecular complexity index is 464. The van der Waals surface area contributed by atoms with Crippen LogP contribution in [-0.2, 0) is 4.79 Å². The van der Waals surface area contributed by atoms with Gasteiger partial charge in [-0.1, -0.05) is 34.8 Å². The molecule has 0 atom stereocenters. The number of hydrazine groups is 1. The molecule has 0 unspecified atom stereocenters. The first-order valence-electron chi connectivity index (χ1n) is 5.06. The second-order valence-corrected chi connectivity index (χ2v) is 5.56. The predicted octanol–water partition coefficient (Wildman–Crippen LogP) is 3.04. The molecule has 1 amide bonds. The summed E-state index contributed by atoms with van der Waals surface area (Å²) < 4.78 is 5.47. The van der Waals surface area contributed by atoms with E-state index >= 15 is 0 Å². The normalized spacial score (nSPS) is 11.2. The van der Waals surface area contributed by atoms with Gasteiger partial charge in [-0.3, -0.25) is 10.2 Å². The van der Waals surface area contributed by atoms with Crippen molar-refractivity contribution >= 4 is 40.7 Å². The third kappa shape index (κ3) is 3.65. The lowest BCUT2D eigenvalue weighted by molar-refractivity contribution is -0.130. The molecule has 100 valence electrons. The van der Waals surface area contributed by atoms with Crippen LogP contribution < -0.4 is 16.0 Å². The number of amides is 1. The molecule has 0 spiro atoms. The molecule has 0 saturated heterocycles. The van der Waals surface area contributed by atoms with Crippen LogP contribution >= 0.6 is 34.8 Å². The highest BCUT2D eigenvalue weighted by Gasteiger charge is 2.28. The molecular formula is C11H13Cl3N2O2. The molecule has 3 N–H and O–H groups in total. The van der Waals surface area contributed by atoms with E-state index in [9.17, 15) is 4.79 Å². The minimum Gasteiger partial charge on any atom is -0.491 e. The molecule has 1 rings (SSSR count). The lowest BCUT2D eigenvalue weighted by atomic mass is 9.94. The zero-order valence-corrected chi connectivity index (χ0v) is 12.2. The Kier molecular flexibility index (Phi) is 5.10. The van der Waals surface area contributed by atoms with Crippen molar-refractivity contribution in [3.8, 4) is 5.75 Å². The van der Waals surface area contributed by atoms with E-state index in [1.807, 2.05) is 0 Å². The van der Waals surface area contributed by atoms with Crippen LogP contribution in [0.25, 0.3) is 0 Å². The van der Waals surface area contributed by atoms with Gasteiger partial charge in [0, 0.05) is 6.07 Å². The zero-order chi connectivity index (χ0) is 13.9. The Balaban J connectivity index is 2.81. The largest absolute Gasteiger partial charge is 0.491 e. The van der Waals surface area contributed by atoms with E-state index in [1.165, 1.54) is 12.1 Å². The Morgan fingerprint density at radius 2 is 1.83 bits per heavy atom. The molecule has 0 bridgehead atoms. The van der Waals surface area contributed by atoms with Crippen molar-refractivity contribution in [2.45, 2.75) is 13.8 Å². The number of carbonyl (C=O) groups is 1. The van der Waals surface area contributed by atoms with Gasteiger partial charge in [-0.15, -0.1) is 0 Å². The molecular weight excluding hydrogens is 298 g/mol. The monoisotopic (exact) mass is 310 g/mol. The van der Waals surface area contributed by atoms with Crippen LogP contribution in [0, 0.1) is 5.41 Å². The minimum absolute atomic E-state index is 0.105. The minimum atomic E-state index is -0.788. The number of carbonyl (C=O) groups excluding carboxylic acids is 1. The molecule has 0 fully saturated rings. The number of nitrogens with two attached hydrogens (primary N) is 1. The highest BCUT2D eigenvalue weighted by molar-refractivity contribution is 6.43. The first-order chi connectivity index (χ1) is 8.27. The third-order valence-corrected chi connectivity index (χ3v) is 3.33. The van der Waals surface area contributed by atoms with Gasteiger partial charge in [-0.05, 0) is 19.9 Å². The maximum Gasteiger partial charge on any atom is 0.242 e. The number of nitrogens with one attached hydrogen (secondary N) is 1. The molecule has 0 saturated carbocycles. The topological polar surface area (TPSA) is 64.3 Å². The van der Waals surface area contributed by atoms with E-state index < -0.39 is 5.41 Å². The molecule has 0 aromatic heterocycles. The average Bonchev–Trinajstić information content (AvgIpc) is 2.31. The summed E-state index contributed by atoms with van der Waals surface area (Å²) in [6.45, 7) is 3.50. The number of hydrogen-bond acceptors (Lipinski definition) is 3. The molecule has 4 nitrogen and oxygen atoms in total. The summed E-state index contributed by atoms with van der Waals surface area (Å²) in [6.07, 6.45) is 0. The molecule has 0 aliphatic rings. The first kappa shape index (κ1) is 15.4. The standard InChI is InChI=1S/C11H13Cl3N2O2/c1-11(2,10(17)16-15)5-18-9-4-7(13)6(12)3-8(9)14/h3-4H,5,15H2,1-2H3,(H,16,17). The summed E-state index contributed by atoms with van der Waals surface area (Å²) in [5, 5.41) is 0.999. The number of rotatable bonds is 4. The van der Waals surface area contributed by atoms with Crippen molar-refractivity contribution in [3.05, 3.63) is 27.2 Å². The Morgan fingerprint density at radius 3 is 2.39 bits per heavy atom. The molecule has 0 aliphatic carbocycles. The van der Waals surface area contributed by atoms with Gasteiger partial charge in [0.2, 0.25) is 5.91 Å². The van der Waals surface area contributed by atoms with Crippen molar-refractivity contribution in [1.29, 1.82) is 0 Å². The van der Waals surface area contributed by atoms with E-state index in [0.717, 1.165) is 0 Å². The maximum atomic E-state index is 11.5. The Hall–Kier alpha value is -0.680. The summed E-state index contributed by atoms with van der Waals surface area (Å²) in [5.41, 5.74) is 1.29. The molecule has 1 aromatic rings. The first-order valence-corrected chi connectivity index (χ1v) is 6.19. The molecule has 18 heavy (non-hydrogen) atoms. The van der Waals surface area contributed by atoms with Crippen LogP contribution in [-0.4, -0.2) is 12.5 Å². The molecule has 0 heterocycles. The van der Waals surface area contributed by atoms with Crippen LogP contribution in [0.15, 0.2) is 12.1 Å². The van der Waals surface area contributed by atoms with Gasteiger partial charge in [0.1, 0.15) is 12.4 Å². The second kappa shape index (κ2) is 5.97. The van der Waals surface area contributed by atoms with E-state index in [2.05, 4.69) is 5.43 Å². The van der Waals surface area contributed by atoms with Gasteiger partial charge in [-0.2, -0.15) is 0 Å². The zero-order valence-electron chi connectivity index (χ0n) is 9.89. The summed E-state index contributed by atoms with van der Waals surface area (Å²) in [6, 6.07) is 2.99. The van der Waals surface area contributed by atoms with Gasteiger partial charge in [0.25, 0.3) is 0 Å². The van der Waals surface area contributed by atoms with Gasteiger partial charge in [0.15, 0.2) is 0 Å². The summed E-state index contributed by atoms with van der Waals surface area (Å²) in [7, 11) is 0. The van der Waals surface area contributed by atoms with Crippen molar-refractivity contribution in [3.63, 3.8) is 0 Å². The SMILES string of the molecule is CC(C)(COc1cc(Cl)c(Cl)cc1Cl)C(=O)NN. The quantitative estimate of drug-likeness (QED) is 0.389. The third-order valence-electron chi connectivity index (χ3n) is 2.31. The fourth-order valence-electron chi connectivity index (χ4n) is 1.13. The number of halogens is 3. The van der Waals surface area contributed by atoms with Crippen molar-refractivity contribution < 1.29 is 9.53 Å². The van der Waals surface area contributed by atoms with Crippen LogP contribution in [0.1, 0.15) is 13.8 Å². The van der Waals surface area contributed by atoms with E-state index in [-0.39, 0.29) is 12.5 Å². The van der Waals surface area contributed by atoms with Gasteiger partial charge in [-0.25, -0.2) is 5.84 Å². The van der Waals surface area contributed by atoms with E-state index in [4.69, 9.17) is 45.4 Å². The number of benzene rings is 1. The van der Waals surface area contributed by atoms with Crippen molar-refractivity contribution in [2.24, 2.45) is 11.3 Å². The maximum absolute atomic E-state index is 11.5. The van der Waals surface area contributed by atoms with Crippen LogP contribution in [0.3, 0.4) is 0 Å². The lowest BCUT2D eigenvalue weighted by Gasteiger charge is -2.22. The van der Waals surface area contributed by atoms with Gasteiger partial charge < -0.3 is 4.74 Å². The fraction of sp³-hybridized carbons (Fsp3) is 0.364. The van der Waals surface area contributed by atoms with Crippen LogP contribution in [0.4, 0.5) is 0 Å². The lowest BCUT2D eigenvalue weighted by Crippen LogP contribution is -2.44. The Morgan fingerprint density at radius 1 is 1.28 bits per heavy atom. The molecule has 0 aliphatic heterocycles. The van der Waals surface area contributed by atoms with Gasteiger partial charge >= 0.3 is 0 Å². The Labute approximate surface area is 120 Å². The predicted molar refractivity (Wildman–Crippen MR) is 73.1 cm³/mol. The molecule has 0 radical (unpaired) electrons. The highest BCUT2D eigenvalue weighted by atomic mass is 35.5.